The Morgan fingerprint density at radius 2 is 1.80 bits per heavy atom. The van der Waals surface area contributed by atoms with E-state index in [1.54, 1.807) is 18.2 Å². The molecule has 3 rings (SSSR count). The van der Waals surface area contributed by atoms with Crippen molar-refractivity contribution in [2.24, 2.45) is 0 Å². The van der Waals surface area contributed by atoms with Crippen LogP contribution in [0.4, 0.5) is 0 Å². The molecule has 0 aliphatic heterocycles. The molecule has 6 heteroatoms. The van der Waals surface area contributed by atoms with Crippen molar-refractivity contribution >= 4 is 29.2 Å². The third kappa shape index (κ3) is 5.81. The normalized spacial score (nSPS) is 11.1. The lowest BCUT2D eigenvalue weighted by Gasteiger charge is -2.12. The number of nitrogens with one attached hydrogen (secondary N) is 2. The summed E-state index contributed by atoms with van der Waals surface area (Å²) in [6.45, 7) is 4.74. The van der Waals surface area contributed by atoms with E-state index in [0.29, 0.717) is 18.7 Å². The highest BCUT2D eigenvalue weighted by molar-refractivity contribution is 7.10. The molecule has 30 heavy (non-hydrogen) atoms. The zero-order chi connectivity index (χ0) is 21.3. The lowest BCUT2D eigenvalue weighted by atomic mass is 10.1. The van der Waals surface area contributed by atoms with Gasteiger partial charge in [0.05, 0.1) is 6.61 Å². The Morgan fingerprint density at radius 1 is 1.03 bits per heavy atom. The number of amides is 2. The van der Waals surface area contributed by atoms with Crippen LogP contribution in [0.15, 0.2) is 71.7 Å². The van der Waals surface area contributed by atoms with Crippen molar-refractivity contribution in [3.63, 3.8) is 0 Å². The summed E-state index contributed by atoms with van der Waals surface area (Å²) in [5.41, 5.74) is 2.53. The van der Waals surface area contributed by atoms with E-state index in [9.17, 15) is 9.59 Å². The zero-order valence-electron chi connectivity index (χ0n) is 17.0. The topological polar surface area (TPSA) is 67.4 Å². The highest BCUT2D eigenvalue weighted by Crippen LogP contribution is 2.15. The third-order valence-corrected chi connectivity index (χ3v) is 5.22. The van der Waals surface area contributed by atoms with E-state index in [0.717, 1.165) is 21.8 Å². The van der Waals surface area contributed by atoms with Crippen LogP contribution in [0.3, 0.4) is 0 Å². The molecule has 0 bridgehead atoms. The zero-order valence-corrected chi connectivity index (χ0v) is 17.8. The number of hydrogen-bond donors (Lipinski definition) is 2. The van der Waals surface area contributed by atoms with Crippen molar-refractivity contribution in [2.45, 2.75) is 20.4 Å². The van der Waals surface area contributed by atoms with Crippen molar-refractivity contribution in [1.29, 1.82) is 0 Å². The Balaban J connectivity index is 1.72. The lowest BCUT2D eigenvalue weighted by Crippen LogP contribution is -2.34. The maximum atomic E-state index is 12.8. The first-order valence-electron chi connectivity index (χ1n) is 9.69. The van der Waals surface area contributed by atoms with Crippen molar-refractivity contribution in [1.82, 2.24) is 10.6 Å². The third-order valence-electron chi connectivity index (χ3n) is 4.40. The Labute approximate surface area is 180 Å². The average Bonchev–Trinajstić information content (AvgIpc) is 3.26. The van der Waals surface area contributed by atoms with Gasteiger partial charge in [-0.15, -0.1) is 11.3 Å². The Hall–Kier alpha value is -3.38. The summed E-state index contributed by atoms with van der Waals surface area (Å²) in [4.78, 5) is 26.5. The number of ether oxygens (including phenoxy) is 1. The molecule has 154 valence electrons. The highest BCUT2D eigenvalue weighted by atomic mass is 32.1. The van der Waals surface area contributed by atoms with Crippen LogP contribution in [0.2, 0.25) is 0 Å². The summed E-state index contributed by atoms with van der Waals surface area (Å²) in [6.07, 6.45) is 1.69. The van der Waals surface area contributed by atoms with Crippen LogP contribution in [0.1, 0.15) is 33.3 Å². The average molecular weight is 421 g/mol. The van der Waals surface area contributed by atoms with E-state index in [-0.39, 0.29) is 17.5 Å². The Kier molecular flexibility index (Phi) is 7.40. The first-order valence-corrected chi connectivity index (χ1v) is 10.6. The van der Waals surface area contributed by atoms with Crippen molar-refractivity contribution in [2.75, 3.05) is 6.61 Å². The first-order chi connectivity index (χ1) is 14.6. The van der Waals surface area contributed by atoms with Gasteiger partial charge < -0.3 is 15.4 Å². The number of aryl methyl sites for hydroxylation is 1. The molecular formula is C24H24N2O3S. The minimum Gasteiger partial charge on any atom is -0.494 e. The molecule has 0 radical (unpaired) electrons. The minimum absolute atomic E-state index is 0.205. The quantitative estimate of drug-likeness (QED) is 0.526. The van der Waals surface area contributed by atoms with Crippen molar-refractivity contribution in [3.8, 4) is 5.75 Å². The molecule has 0 spiro atoms. The van der Waals surface area contributed by atoms with Crippen molar-refractivity contribution in [3.05, 3.63) is 93.3 Å². The molecule has 2 aromatic carbocycles. The van der Waals surface area contributed by atoms with Gasteiger partial charge in [0.25, 0.3) is 11.8 Å². The van der Waals surface area contributed by atoms with Gasteiger partial charge in [-0.1, -0.05) is 36.4 Å². The number of carbonyl (C=O) groups is 2. The van der Waals surface area contributed by atoms with E-state index in [2.05, 4.69) is 10.6 Å². The predicted octanol–water partition coefficient (Wildman–Crippen LogP) is 4.54. The maximum Gasteiger partial charge on any atom is 0.268 e. The number of carbonyl (C=O) groups excluding carboxylic acids is 2. The molecule has 0 saturated carbocycles. The summed E-state index contributed by atoms with van der Waals surface area (Å²) < 4.78 is 5.44. The summed E-state index contributed by atoms with van der Waals surface area (Å²) in [5.74, 6) is 0.127. The lowest BCUT2D eigenvalue weighted by molar-refractivity contribution is -0.117. The van der Waals surface area contributed by atoms with Crippen LogP contribution in [-0.2, 0) is 11.3 Å². The van der Waals surface area contributed by atoms with Crippen LogP contribution < -0.4 is 15.4 Å². The van der Waals surface area contributed by atoms with Gasteiger partial charge in [-0.25, -0.2) is 0 Å². The van der Waals surface area contributed by atoms with Gasteiger partial charge in [-0.2, -0.15) is 0 Å². The molecule has 0 aliphatic carbocycles. The molecule has 0 aliphatic rings. The van der Waals surface area contributed by atoms with Gasteiger partial charge in [0.2, 0.25) is 0 Å². The van der Waals surface area contributed by atoms with E-state index in [1.165, 1.54) is 11.3 Å². The van der Waals surface area contributed by atoms with Crippen molar-refractivity contribution < 1.29 is 14.3 Å². The van der Waals surface area contributed by atoms with Gasteiger partial charge >= 0.3 is 0 Å². The van der Waals surface area contributed by atoms with Crippen LogP contribution >= 0.6 is 11.3 Å². The molecule has 3 aromatic rings. The fourth-order valence-corrected chi connectivity index (χ4v) is 3.50. The molecule has 0 saturated heterocycles. The Bertz CT molecular complexity index is 1020. The summed E-state index contributed by atoms with van der Waals surface area (Å²) in [5, 5.41) is 7.57. The van der Waals surface area contributed by atoms with Gasteiger partial charge in [0.15, 0.2) is 0 Å². The van der Waals surface area contributed by atoms with Crippen LogP contribution in [0, 0.1) is 6.92 Å². The molecule has 1 aromatic heterocycles. The SMILES string of the molecule is CCOc1ccc(CNC(=O)/C(=C/c2cccs2)NC(=O)c2ccccc2C)cc1. The molecule has 2 amide bonds. The van der Waals surface area contributed by atoms with E-state index < -0.39 is 0 Å². The molecule has 5 nitrogen and oxygen atoms in total. The van der Waals surface area contributed by atoms with Gasteiger partial charge in [-0.3, -0.25) is 9.59 Å². The Morgan fingerprint density at radius 3 is 2.47 bits per heavy atom. The molecule has 2 N–H and O–H groups in total. The van der Waals surface area contributed by atoms with E-state index in [1.807, 2.05) is 67.8 Å². The highest BCUT2D eigenvalue weighted by Gasteiger charge is 2.16. The predicted molar refractivity (Wildman–Crippen MR) is 120 cm³/mol. The number of thiophene rings is 1. The molecule has 0 fully saturated rings. The summed E-state index contributed by atoms with van der Waals surface area (Å²) in [6, 6.07) is 18.6. The molecular weight excluding hydrogens is 396 g/mol. The second kappa shape index (κ2) is 10.4. The van der Waals surface area contributed by atoms with Crippen LogP contribution in [-0.4, -0.2) is 18.4 Å². The van der Waals surface area contributed by atoms with Gasteiger partial charge in [-0.05, 0) is 60.7 Å². The monoisotopic (exact) mass is 420 g/mol. The number of hydrogen-bond acceptors (Lipinski definition) is 4. The largest absolute Gasteiger partial charge is 0.494 e. The fraction of sp³-hybridized carbons (Fsp3) is 0.167. The number of rotatable bonds is 8. The summed E-state index contributed by atoms with van der Waals surface area (Å²) in [7, 11) is 0. The smallest absolute Gasteiger partial charge is 0.268 e. The molecule has 1 heterocycles. The van der Waals surface area contributed by atoms with Gasteiger partial charge in [0, 0.05) is 17.0 Å². The van der Waals surface area contributed by atoms with Crippen LogP contribution in [0.25, 0.3) is 6.08 Å². The van der Waals surface area contributed by atoms with Crippen LogP contribution in [0.5, 0.6) is 5.75 Å². The molecule has 0 atom stereocenters. The summed E-state index contributed by atoms with van der Waals surface area (Å²) >= 11 is 1.49. The van der Waals surface area contributed by atoms with Gasteiger partial charge in [0.1, 0.15) is 11.4 Å². The second-order valence-electron chi connectivity index (χ2n) is 6.60. The fourth-order valence-electron chi connectivity index (χ4n) is 2.84. The maximum absolute atomic E-state index is 12.8. The number of benzene rings is 2. The first kappa shape index (κ1) is 21.3. The standard InChI is InChI=1S/C24H24N2O3S/c1-3-29-19-12-10-18(11-13-19)16-25-24(28)22(15-20-8-6-14-30-20)26-23(27)21-9-5-4-7-17(21)2/h4-15H,3,16H2,1-2H3,(H,25,28)(H,26,27)/b22-15-. The minimum atomic E-state index is -0.348. The van der Waals surface area contributed by atoms with E-state index >= 15 is 0 Å². The second-order valence-corrected chi connectivity index (χ2v) is 7.58. The molecule has 0 unspecified atom stereocenters. The van der Waals surface area contributed by atoms with E-state index in [4.69, 9.17) is 4.74 Å².